The molecule has 16 heavy (non-hydrogen) atoms. The maximum absolute atomic E-state index is 8.69. The van der Waals surface area contributed by atoms with Gasteiger partial charge in [-0.3, -0.25) is 0 Å². The lowest BCUT2D eigenvalue weighted by Crippen LogP contribution is -2.25. The Balaban J connectivity index is 1.91. The molecule has 1 aromatic carbocycles. The van der Waals surface area contributed by atoms with Gasteiger partial charge in [-0.1, -0.05) is 24.6 Å². The first-order valence-corrected chi connectivity index (χ1v) is 5.90. The van der Waals surface area contributed by atoms with Gasteiger partial charge in [-0.05, 0) is 24.5 Å². The minimum atomic E-state index is 0.294. The van der Waals surface area contributed by atoms with E-state index >= 15 is 0 Å². The summed E-state index contributed by atoms with van der Waals surface area (Å²) in [5.41, 5.74) is 11.0. The minimum Gasteiger partial charge on any atom is -0.369 e. The highest BCUT2D eigenvalue weighted by Crippen LogP contribution is 2.22. The van der Waals surface area contributed by atoms with Crippen molar-refractivity contribution in [2.45, 2.75) is 32.2 Å². The van der Waals surface area contributed by atoms with E-state index in [-0.39, 0.29) is 0 Å². The van der Waals surface area contributed by atoms with Gasteiger partial charge in [-0.15, -0.1) is 5.73 Å². The zero-order valence-corrected chi connectivity index (χ0v) is 9.45. The smallest absolute Gasteiger partial charge is 0.102 e. The van der Waals surface area contributed by atoms with Gasteiger partial charge in [0.05, 0.1) is 5.69 Å². The predicted molar refractivity (Wildman–Crippen MR) is 65.8 cm³/mol. The molecular weight excluding hydrogens is 198 g/mol. The van der Waals surface area contributed by atoms with Crippen molar-refractivity contribution < 1.29 is 0 Å². The predicted octanol–water partition coefficient (Wildman–Crippen LogP) is 2.45. The zero-order valence-electron chi connectivity index (χ0n) is 9.45. The van der Waals surface area contributed by atoms with Gasteiger partial charge in [-0.2, -0.15) is 0 Å². The summed E-state index contributed by atoms with van der Waals surface area (Å²) in [5, 5.41) is 3.34. The molecule has 0 saturated heterocycles. The summed E-state index contributed by atoms with van der Waals surface area (Å²) in [4.78, 5) is 4.59. The summed E-state index contributed by atoms with van der Waals surface area (Å²) in [5.74, 6) is 1.08. The van der Waals surface area contributed by atoms with E-state index < -0.39 is 0 Å². The molecule has 84 valence electrons. The molecule has 1 aliphatic heterocycles. The standard InChI is InChI=1S/C13H17N3/c14-9-5-1-2-8-13-15-10-11-6-3-4-7-12(11)16-13/h3-4,6-7H,1-2,5,8-10H2,(H,15,16). The van der Waals surface area contributed by atoms with Gasteiger partial charge in [0.25, 0.3) is 0 Å². The molecule has 0 aliphatic carbocycles. The van der Waals surface area contributed by atoms with Crippen molar-refractivity contribution in [3.8, 4) is 0 Å². The van der Waals surface area contributed by atoms with Crippen LogP contribution in [0.3, 0.4) is 0 Å². The van der Waals surface area contributed by atoms with Crippen LogP contribution in [0.15, 0.2) is 29.3 Å². The fourth-order valence-electron chi connectivity index (χ4n) is 1.88. The fraction of sp³-hybridized carbons (Fsp3) is 0.462. The van der Waals surface area contributed by atoms with Crippen molar-refractivity contribution in [3.05, 3.63) is 29.8 Å². The zero-order chi connectivity index (χ0) is 11.2. The lowest BCUT2D eigenvalue weighted by Gasteiger charge is -2.17. The van der Waals surface area contributed by atoms with Crippen molar-refractivity contribution in [3.63, 3.8) is 0 Å². The van der Waals surface area contributed by atoms with Crippen LogP contribution in [0, 0.1) is 0 Å². The number of rotatable bonds is 5. The molecule has 1 heterocycles. The average molecular weight is 215 g/mol. The molecule has 3 heteroatoms. The summed E-state index contributed by atoms with van der Waals surface area (Å²) in [6.07, 6.45) is 4.03. The Kier molecular flexibility index (Phi) is 3.94. The molecule has 2 radical (unpaired) electrons. The van der Waals surface area contributed by atoms with E-state index in [9.17, 15) is 0 Å². The number of hydrogen-bond acceptors (Lipinski definition) is 2. The Labute approximate surface area is 96.8 Å². The van der Waals surface area contributed by atoms with Crippen molar-refractivity contribution in [1.82, 2.24) is 11.1 Å². The number of hydrogen-bond donors (Lipinski definition) is 1. The van der Waals surface area contributed by atoms with Crippen LogP contribution in [0.5, 0.6) is 0 Å². The van der Waals surface area contributed by atoms with Crippen molar-refractivity contribution in [1.29, 1.82) is 0 Å². The van der Waals surface area contributed by atoms with Crippen LogP contribution in [0.25, 0.3) is 0 Å². The van der Waals surface area contributed by atoms with Crippen molar-refractivity contribution in [2.75, 3.05) is 6.54 Å². The fourth-order valence-corrected chi connectivity index (χ4v) is 1.88. The summed E-state index contributed by atoms with van der Waals surface area (Å²) in [6.45, 7) is 1.18. The molecule has 0 fully saturated rings. The number of nitrogens with zero attached hydrogens (tertiary/aromatic N) is 2. The lowest BCUT2D eigenvalue weighted by atomic mass is 10.1. The number of unbranched alkanes of at least 4 members (excludes halogenated alkanes) is 2. The van der Waals surface area contributed by atoms with Gasteiger partial charge in [0.2, 0.25) is 0 Å². The number of fused-ring (bicyclic) bond motifs is 1. The summed E-state index contributed by atoms with van der Waals surface area (Å²) in [7, 11) is 0. The van der Waals surface area contributed by atoms with Crippen molar-refractivity contribution in [2.24, 2.45) is 4.99 Å². The first-order valence-electron chi connectivity index (χ1n) is 5.90. The van der Waals surface area contributed by atoms with Crippen LogP contribution in [0.4, 0.5) is 5.69 Å². The third-order valence-electron chi connectivity index (χ3n) is 2.80. The molecule has 3 nitrogen and oxygen atoms in total. The molecule has 0 atom stereocenters. The van der Waals surface area contributed by atoms with Gasteiger partial charge >= 0.3 is 0 Å². The van der Waals surface area contributed by atoms with E-state index in [1.165, 1.54) is 5.56 Å². The second kappa shape index (κ2) is 5.66. The molecule has 0 unspecified atom stereocenters. The number of amidine groups is 1. The second-order valence-corrected chi connectivity index (χ2v) is 4.08. The molecule has 2 rings (SSSR count). The van der Waals surface area contributed by atoms with Crippen LogP contribution in [-0.4, -0.2) is 12.4 Å². The molecule has 0 amide bonds. The Morgan fingerprint density at radius 2 is 2.06 bits per heavy atom. The molecule has 0 bridgehead atoms. The Bertz CT molecular complexity index is 371. The molecule has 1 N–H and O–H groups in total. The summed E-state index contributed by atoms with van der Waals surface area (Å²) in [6, 6.07) is 8.23. The van der Waals surface area contributed by atoms with E-state index in [4.69, 9.17) is 5.73 Å². The first kappa shape index (κ1) is 11.1. The third-order valence-corrected chi connectivity index (χ3v) is 2.80. The van der Waals surface area contributed by atoms with Crippen LogP contribution in [-0.2, 0) is 6.54 Å². The quantitative estimate of drug-likeness (QED) is 0.753. The molecule has 0 aromatic heterocycles. The Hall–Kier alpha value is -1.35. The second-order valence-electron chi connectivity index (χ2n) is 4.08. The van der Waals surface area contributed by atoms with Crippen LogP contribution in [0.2, 0.25) is 0 Å². The normalized spacial score (nSPS) is 13.9. The molecule has 1 aliphatic rings. The van der Waals surface area contributed by atoms with E-state index in [2.05, 4.69) is 22.4 Å². The highest BCUT2D eigenvalue weighted by atomic mass is 15.0. The SMILES string of the molecule is [N]CCCCCC1=Nc2ccccc2CN1. The van der Waals surface area contributed by atoms with E-state index in [0.717, 1.165) is 43.8 Å². The number of para-hydroxylation sites is 1. The van der Waals surface area contributed by atoms with Crippen LogP contribution >= 0.6 is 0 Å². The number of aliphatic imine (C=N–C) groups is 1. The maximum Gasteiger partial charge on any atom is 0.102 e. The van der Waals surface area contributed by atoms with Gasteiger partial charge in [-0.25, -0.2) is 4.99 Å². The minimum absolute atomic E-state index is 0.294. The molecule has 1 aromatic rings. The number of nitrogens with one attached hydrogen (secondary N) is 1. The van der Waals surface area contributed by atoms with E-state index in [0.29, 0.717) is 6.54 Å². The monoisotopic (exact) mass is 215 g/mol. The van der Waals surface area contributed by atoms with Crippen molar-refractivity contribution >= 4 is 11.5 Å². The van der Waals surface area contributed by atoms with Gasteiger partial charge in [0.15, 0.2) is 0 Å². The van der Waals surface area contributed by atoms with Crippen LogP contribution < -0.4 is 11.1 Å². The highest BCUT2D eigenvalue weighted by molar-refractivity contribution is 5.86. The average Bonchev–Trinajstić information content (AvgIpc) is 2.34. The van der Waals surface area contributed by atoms with Gasteiger partial charge in [0, 0.05) is 19.5 Å². The molecular formula is C13H17N3. The number of benzene rings is 1. The van der Waals surface area contributed by atoms with E-state index in [1.54, 1.807) is 0 Å². The first-order chi connectivity index (χ1) is 7.90. The topological polar surface area (TPSA) is 46.7 Å². The van der Waals surface area contributed by atoms with Gasteiger partial charge < -0.3 is 5.32 Å². The van der Waals surface area contributed by atoms with Gasteiger partial charge in [0.1, 0.15) is 5.84 Å². The maximum atomic E-state index is 8.69. The summed E-state index contributed by atoms with van der Waals surface area (Å²) >= 11 is 0. The lowest BCUT2D eigenvalue weighted by molar-refractivity contribution is 0.687. The van der Waals surface area contributed by atoms with Crippen LogP contribution in [0.1, 0.15) is 31.2 Å². The molecule has 0 saturated carbocycles. The Morgan fingerprint density at radius 1 is 1.19 bits per heavy atom. The Morgan fingerprint density at radius 3 is 2.94 bits per heavy atom. The third kappa shape index (κ3) is 2.83. The highest BCUT2D eigenvalue weighted by Gasteiger charge is 2.09. The van der Waals surface area contributed by atoms with E-state index in [1.807, 2.05) is 12.1 Å². The summed E-state index contributed by atoms with van der Waals surface area (Å²) < 4.78 is 0. The largest absolute Gasteiger partial charge is 0.369 e. The molecule has 0 spiro atoms.